The first-order valence-electron chi connectivity index (χ1n) is 21.6. The average Bonchev–Trinajstić information content (AvgIpc) is 3.28. The standard InChI is InChI=1S/C52H50N6O5Si.CH4/c1-28-22-29(6-16-37(28)48-41-20-10-33(55)26-46(41)64(4,5)47-27-36(56-2)15-21-42(47)48)50(59)57-34-11-13-35(14-12-34)58-51(60)30-7-17-38(43(23-30)52(61)62-3)49-39-18-8-31(53)24-44(39)63-45-25-32(54)9-19-40(45)49;/h6-10,15-27,34-35,53H,11-14,54-55H2,1-5H3,(H,57,59)(H,58,60);1H4/p+1. The minimum atomic E-state index is -2.10. The number of methoxy groups -OCH3 is 1. The number of carbonyl (C=O) groups excluding carboxylic acids is 3. The SMILES string of the molecule is C.CN=C1C=CC2=C(c3ccc(C(=O)NC4CCC(NC(=O)c5ccc(-c6c7ccc(=[NH2+])cc-7oc7cc(N)ccc67)c(C(=O)OC)c5)CC4)cc3C)c3ccc(N)cc3[Si](C)(C)C2=C1. The molecule has 0 bridgehead atoms. The number of hydrogen-bond donors (Lipinski definition) is 5. The molecular formula is C53H55N6O5Si+. The van der Waals surface area contributed by atoms with Crippen LogP contribution in [-0.2, 0) is 4.74 Å². The summed E-state index contributed by atoms with van der Waals surface area (Å²) in [7, 11) is 1.03. The molecule has 0 radical (unpaired) electrons. The number of esters is 1. The minimum Gasteiger partial charge on any atom is -0.465 e. The minimum absolute atomic E-state index is 0. The molecule has 1 fully saturated rings. The predicted octanol–water partition coefficient (Wildman–Crippen LogP) is 7.07. The average molecular weight is 884 g/mol. The molecule has 12 heteroatoms. The summed E-state index contributed by atoms with van der Waals surface area (Å²) < 4.78 is 11.4. The van der Waals surface area contributed by atoms with Crippen molar-refractivity contribution in [1.29, 1.82) is 0 Å². The van der Waals surface area contributed by atoms with Gasteiger partial charge in [0.15, 0.2) is 5.36 Å². The largest absolute Gasteiger partial charge is 0.465 e. The van der Waals surface area contributed by atoms with Gasteiger partial charge < -0.3 is 31.3 Å². The third kappa shape index (κ3) is 8.10. The van der Waals surface area contributed by atoms with Crippen molar-refractivity contribution in [3.8, 4) is 22.5 Å². The smallest absolute Gasteiger partial charge is 0.338 e. The van der Waals surface area contributed by atoms with E-state index in [2.05, 4.69) is 72.1 Å². The second kappa shape index (κ2) is 17.3. The van der Waals surface area contributed by atoms with E-state index in [1.54, 1.807) is 42.5 Å². The number of nitrogens with one attached hydrogen (secondary N) is 2. The molecule has 3 aliphatic carbocycles. The highest BCUT2D eigenvalue weighted by atomic mass is 28.3. The number of rotatable bonds is 7. The molecule has 8 N–H and O–H groups in total. The molecule has 2 amide bonds. The number of ether oxygens (including phenoxy) is 1. The van der Waals surface area contributed by atoms with Crippen LogP contribution in [0.4, 0.5) is 11.4 Å². The number of allylic oxidation sites excluding steroid dienone is 5. The van der Waals surface area contributed by atoms with Gasteiger partial charge in [-0.15, -0.1) is 0 Å². The summed E-state index contributed by atoms with van der Waals surface area (Å²) in [6, 6.07) is 27.8. The van der Waals surface area contributed by atoms with Gasteiger partial charge in [0.05, 0.1) is 24.5 Å². The van der Waals surface area contributed by atoms with Gasteiger partial charge in [-0.25, -0.2) is 4.79 Å². The van der Waals surface area contributed by atoms with Gasteiger partial charge >= 0.3 is 5.97 Å². The lowest BCUT2D eigenvalue weighted by atomic mass is 9.87. The molecule has 0 unspecified atom stereocenters. The Hall–Kier alpha value is -7.31. The first-order chi connectivity index (χ1) is 30.7. The summed E-state index contributed by atoms with van der Waals surface area (Å²) in [4.78, 5) is 45.4. The molecule has 11 nitrogen and oxygen atoms in total. The highest BCUT2D eigenvalue weighted by Crippen LogP contribution is 2.44. The quantitative estimate of drug-likeness (QED) is 0.0491. The van der Waals surface area contributed by atoms with E-state index in [1.165, 1.54) is 28.6 Å². The van der Waals surface area contributed by atoms with Gasteiger partial charge in [0.2, 0.25) is 0 Å². The van der Waals surface area contributed by atoms with Gasteiger partial charge in [0, 0.05) is 70.3 Å². The lowest BCUT2D eigenvalue weighted by Gasteiger charge is -2.38. The summed E-state index contributed by atoms with van der Waals surface area (Å²) in [5.74, 6) is -0.478. The second-order valence-corrected chi connectivity index (χ2v) is 21.9. The summed E-state index contributed by atoms with van der Waals surface area (Å²) in [6.07, 6.45) is 9.26. The summed E-state index contributed by atoms with van der Waals surface area (Å²) in [5.41, 5.74) is 24.1. The molecule has 0 spiro atoms. The van der Waals surface area contributed by atoms with Crippen molar-refractivity contribution >= 4 is 64.7 Å². The molecule has 4 aromatic carbocycles. The normalized spacial score (nSPS) is 18.0. The maximum Gasteiger partial charge on any atom is 0.338 e. The highest BCUT2D eigenvalue weighted by Gasteiger charge is 2.40. The van der Waals surface area contributed by atoms with Gasteiger partial charge in [-0.1, -0.05) is 44.8 Å². The molecule has 5 aliphatic rings. The Bertz CT molecular complexity index is 3110. The van der Waals surface area contributed by atoms with Crippen LogP contribution in [0.25, 0.3) is 39.0 Å². The fourth-order valence-corrected chi connectivity index (χ4v) is 12.8. The second-order valence-electron chi connectivity index (χ2n) is 17.5. The predicted molar refractivity (Wildman–Crippen MR) is 263 cm³/mol. The maximum atomic E-state index is 13.8. The van der Waals surface area contributed by atoms with Crippen LogP contribution in [0, 0.1) is 6.92 Å². The van der Waals surface area contributed by atoms with Gasteiger partial charge in [0.1, 0.15) is 19.4 Å². The van der Waals surface area contributed by atoms with Crippen LogP contribution in [-0.4, -0.2) is 57.8 Å². The van der Waals surface area contributed by atoms with Crippen molar-refractivity contribution < 1.29 is 28.9 Å². The Balaban J connectivity index is 0.00000576. The van der Waals surface area contributed by atoms with Crippen LogP contribution in [0.1, 0.15) is 80.9 Å². The fraction of sp³-hybridized carbons (Fsp3) is 0.226. The number of nitrogen functional groups attached to an aromatic ring is 2. The third-order valence-corrected chi connectivity index (χ3v) is 16.6. The highest BCUT2D eigenvalue weighted by molar-refractivity contribution is 6.98. The van der Waals surface area contributed by atoms with E-state index in [-0.39, 0.29) is 36.9 Å². The molecule has 4 aromatic rings. The van der Waals surface area contributed by atoms with Crippen LogP contribution in [0.5, 0.6) is 0 Å². The summed E-state index contributed by atoms with van der Waals surface area (Å²) in [6.45, 7) is 6.79. The molecule has 0 saturated heterocycles. The number of benzene rings is 5. The van der Waals surface area contributed by atoms with Crippen LogP contribution in [0.3, 0.4) is 0 Å². The first kappa shape index (κ1) is 44.3. The molecule has 9 rings (SSSR count). The molecule has 0 aromatic heterocycles. The molecule has 1 saturated carbocycles. The zero-order valence-corrected chi connectivity index (χ0v) is 37.6. The van der Waals surface area contributed by atoms with Crippen molar-refractivity contribution in [2.24, 2.45) is 4.99 Å². The van der Waals surface area contributed by atoms with Crippen molar-refractivity contribution in [2.45, 2.75) is 65.2 Å². The van der Waals surface area contributed by atoms with Gasteiger partial charge in [-0.2, -0.15) is 0 Å². The Morgan fingerprint density at radius 1 is 0.769 bits per heavy atom. The van der Waals surface area contributed by atoms with Crippen molar-refractivity contribution in [1.82, 2.24) is 10.6 Å². The lowest BCUT2D eigenvalue weighted by Crippen LogP contribution is -2.49. The molecule has 2 aliphatic heterocycles. The van der Waals surface area contributed by atoms with E-state index >= 15 is 0 Å². The lowest BCUT2D eigenvalue weighted by molar-refractivity contribution is -0.172. The number of fused-ring (bicyclic) bond motifs is 4. The van der Waals surface area contributed by atoms with Crippen LogP contribution in [0.2, 0.25) is 13.1 Å². The number of nitrogens with zero attached hydrogens (tertiary/aromatic N) is 1. The van der Waals surface area contributed by atoms with E-state index in [0.717, 1.165) is 44.6 Å². The Kier molecular flexibility index (Phi) is 11.8. The Morgan fingerprint density at radius 2 is 1.38 bits per heavy atom. The summed E-state index contributed by atoms with van der Waals surface area (Å²) >= 11 is 0. The zero-order valence-electron chi connectivity index (χ0n) is 36.6. The number of anilines is 2. The topological polar surface area (TPSA) is 188 Å². The Morgan fingerprint density at radius 3 is 2.05 bits per heavy atom. The molecule has 330 valence electrons. The van der Waals surface area contributed by atoms with E-state index in [0.29, 0.717) is 64.8 Å². The van der Waals surface area contributed by atoms with Crippen molar-refractivity contribution in [2.75, 3.05) is 25.6 Å². The van der Waals surface area contributed by atoms with E-state index in [1.807, 2.05) is 37.4 Å². The number of amides is 2. The molecule has 0 atom stereocenters. The van der Waals surface area contributed by atoms with E-state index in [4.69, 9.17) is 26.0 Å². The van der Waals surface area contributed by atoms with Crippen LogP contribution < -0.4 is 38.1 Å². The first-order valence-corrected chi connectivity index (χ1v) is 24.6. The fourth-order valence-electron chi connectivity index (χ4n) is 9.68. The van der Waals surface area contributed by atoms with E-state index in [9.17, 15) is 14.4 Å². The van der Waals surface area contributed by atoms with Crippen molar-refractivity contribution in [3.63, 3.8) is 0 Å². The Labute approximate surface area is 379 Å². The summed E-state index contributed by atoms with van der Waals surface area (Å²) in [5, 5.41) is 16.4. The third-order valence-electron chi connectivity index (χ3n) is 13.1. The van der Waals surface area contributed by atoms with Crippen LogP contribution >= 0.6 is 0 Å². The number of aryl methyl sites for hydroxylation is 1. The molecule has 2 heterocycles. The van der Waals surface area contributed by atoms with Gasteiger partial charge in [0.25, 0.3) is 11.8 Å². The number of nitrogens with two attached hydrogens (primary N) is 3. The van der Waals surface area contributed by atoms with Gasteiger partial charge in [-0.3, -0.25) is 20.0 Å². The van der Waals surface area contributed by atoms with E-state index < -0.39 is 14.0 Å². The zero-order chi connectivity index (χ0) is 45.0. The molecular weight excluding hydrogens is 829 g/mol. The monoisotopic (exact) mass is 883 g/mol. The molecule has 65 heavy (non-hydrogen) atoms. The maximum absolute atomic E-state index is 13.8. The number of aliphatic imine (C=N–C) groups is 1. The number of hydrogen-bond acceptors (Lipinski definition) is 8. The van der Waals surface area contributed by atoms with Crippen LogP contribution in [0.15, 0.2) is 129 Å². The van der Waals surface area contributed by atoms with Crippen molar-refractivity contribution in [3.05, 3.63) is 159 Å². The number of carbonyl (C=O) groups is 3. The van der Waals surface area contributed by atoms with Gasteiger partial charge in [-0.05, 0) is 143 Å².